The topological polar surface area (TPSA) is 44.6 Å². The van der Waals surface area contributed by atoms with Crippen LogP contribution in [-0.4, -0.2) is 37.1 Å². The molecule has 0 radical (unpaired) electrons. The molecule has 1 fully saturated rings. The third kappa shape index (κ3) is 5.16. The molecule has 4 heteroatoms. The van der Waals surface area contributed by atoms with Crippen LogP contribution in [0.3, 0.4) is 0 Å². The first-order chi connectivity index (χ1) is 6.29. The Balaban J connectivity index is 1.95. The van der Waals surface area contributed by atoms with Gasteiger partial charge in [0, 0.05) is 11.5 Å². The molecule has 0 atom stereocenters. The Bertz CT molecular complexity index is 158. The van der Waals surface area contributed by atoms with Crippen molar-refractivity contribution in [3.63, 3.8) is 0 Å². The van der Waals surface area contributed by atoms with Crippen molar-refractivity contribution in [2.75, 3.05) is 31.1 Å². The van der Waals surface area contributed by atoms with Gasteiger partial charge in [0.1, 0.15) is 0 Å². The van der Waals surface area contributed by atoms with Crippen molar-refractivity contribution >= 4 is 17.7 Å². The number of nitrogens with one attached hydrogen (secondary N) is 1. The zero-order valence-electron chi connectivity index (χ0n) is 7.88. The van der Waals surface area contributed by atoms with E-state index in [4.69, 9.17) is 0 Å². The van der Waals surface area contributed by atoms with Gasteiger partial charge in [-0.2, -0.15) is 11.8 Å². The van der Waals surface area contributed by atoms with E-state index in [0.29, 0.717) is 0 Å². The first kappa shape index (κ1) is 10.9. The Morgan fingerprint density at radius 1 is 1.31 bits per heavy atom. The number of carbonyl (C=O) groups excluding carboxylic acids is 1. The minimum absolute atomic E-state index is 0.146. The van der Waals surface area contributed by atoms with E-state index in [-0.39, 0.29) is 5.75 Å². The van der Waals surface area contributed by atoms with Crippen molar-refractivity contribution in [2.45, 2.75) is 19.3 Å². The number of quaternary nitrogens is 1. The van der Waals surface area contributed by atoms with Gasteiger partial charge in [0.25, 0.3) is 0 Å². The van der Waals surface area contributed by atoms with Crippen LogP contribution < -0.4 is 10.0 Å². The maximum absolute atomic E-state index is 10.1. The smallest absolute Gasteiger partial charge is 0.0863 e. The largest absolute Gasteiger partial charge is 0.549 e. The van der Waals surface area contributed by atoms with Crippen LogP contribution in [0, 0.1) is 0 Å². The number of aliphatic carboxylic acids is 1. The molecule has 0 spiro atoms. The molecular formula is C9H17NO2S. The summed E-state index contributed by atoms with van der Waals surface area (Å²) in [7, 11) is 0. The molecule has 0 aromatic heterocycles. The molecule has 1 heterocycles. The lowest BCUT2D eigenvalue weighted by molar-refractivity contribution is -0.902. The molecule has 0 aromatic carbocycles. The van der Waals surface area contributed by atoms with E-state index < -0.39 is 5.97 Å². The Labute approximate surface area is 83.5 Å². The molecule has 1 aliphatic rings. The summed E-state index contributed by atoms with van der Waals surface area (Å²) < 4.78 is 0. The third-order valence-electron chi connectivity index (χ3n) is 2.38. The molecule has 0 unspecified atom stereocenters. The lowest BCUT2D eigenvalue weighted by Crippen LogP contribution is -3.13. The van der Waals surface area contributed by atoms with Gasteiger partial charge in [-0.25, -0.2) is 0 Å². The van der Waals surface area contributed by atoms with Gasteiger partial charge in [-0.05, 0) is 19.3 Å². The summed E-state index contributed by atoms with van der Waals surface area (Å²) in [6.07, 6.45) is 4.04. The Morgan fingerprint density at radius 3 is 2.62 bits per heavy atom. The second-order valence-electron chi connectivity index (χ2n) is 3.49. The van der Waals surface area contributed by atoms with Crippen molar-refractivity contribution in [1.29, 1.82) is 0 Å². The third-order valence-corrected chi connectivity index (χ3v) is 3.31. The summed E-state index contributed by atoms with van der Waals surface area (Å²) in [5.41, 5.74) is 0. The number of rotatable bonds is 5. The standard InChI is InChI=1S/C9H17NO2S/c11-9(12)8-13-7-6-10-4-2-1-3-5-10/h1-8H2,(H,11,12). The molecule has 0 saturated carbocycles. The van der Waals surface area contributed by atoms with E-state index >= 15 is 0 Å². The van der Waals surface area contributed by atoms with Crippen molar-refractivity contribution < 1.29 is 14.8 Å². The van der Waals surface area contributed by atoms with Gasteiger partial charge in [-0.3, -0.25) is 0 Å². The fourth-order valence-corrected chi connectivity index (χ4v) is 2.42. The highest BCUT2D eigenvalue weighted by molar-refractivity contribution is 7.99. The fourth-order valence-electron chi connectivity index (χ4n) is 1.67. The Morgan fingerprint density at radius 2 is 2.00 bits per heavy atom. The zero-order chi connectivity index (χ0) is 9.52. The number of carboxylic acids is 1. The minimum atomic E-state index is -0.946. The highest BCUT2D eigenvalue weighted by Gasteiger charge is 2.12. The number of carbonyl (C=O) groups is 1. The first-order valence-corrected chi connectivity index (χ1v) is 6.05. The van der Waals surface area contributed by atoms with Crippen LogP contribution in [-0.2, 0) is 4.79 Å². The summed E-state index contributed by atoms with van der Waals surface area (Å²) in [5, 5.41) is 10.1. The highest BCUT2D eigenvalue weighted by Crippen LogP contribution is 1.97. The molecule has 0 bridgehead atoms. The molecule has 13 heavy (non-hydrogen) atoms. The average molecular weight is 203 g/mol. The van der Waals surface area contributed by atoms with Crippen molar-refractivity contribution in [3.8, 4) is 0 Å². The van der Waals surface area contributed by atoms with Crippen LogP contribution in [0.15, 0.2) is 0 Å². The van der Waals surface area contributed by atoms with Gasteiger partial charge >= 0.3 is 0 Å². The van der Waals surface area contributed by atoms with E-state index in [1.54, 1.807) is 4.90 Å². The zero-order valence-corrected chi connectivity index (χ0v) is 8.70. The molecule has 1 aliphatic heterocycles. The van der Waals surface area contributed by atoms with Gasteiger partial charge in [-0.1, -0.05) is 0 Å². The number of thioether (sulfide) groups is 1. The van der Waals surface area contributed by atoms with E-state index in [2.05, 4.69) is 0 Å². The SMILES string of the molecule is O=C([O-])CSCC[NH+]1CCCCC1. The highest BCUT2D eigenvalue weighted by atomic mass is 32.2. The monoisotopic (exact) mass is 203 g/mol. The second-order valence-corrected chi connectivity index (χ2v) is 4.59. The van der Waals surface area contributed by atoms with E-state index in [0.717, 1.165) is 12.3 Å². The first-order valence-electron chi connectivity index (χ1n) is 4.90. The van der Waals surface area contributed by atoms with Crippen molar-refractivity contribution in [1.82, 2.24) is 0 Å². The summed E-state index contributed by atoms with van der Waals surface area (Å²) in [5.74, 6) is 0.148. The maximum Gasteiger partial charge on any atom is 0.0863 e. The molecule has 0 aromatic rings. The minimum Gasteiger partial charge on any atom is -0.549 e. The van der Waals surface area contributed by atoms with Crippen LogP contribution in [0.2, 0.25) is 0 Å². The average Bonchev–Trinajstić information content (AvgIpc) is 2.14. The van der Waals surface area contributed by atoms with E-state index in [1.807, 2.05) is 0 Å². The maximum atomic E-state index is 10.1. The van der Waals surface area contributed by atoms with Gasteiger partial charge in [-0.15, -0.1) is 0 Å². The van der Waals surface area contributed by atoms with Gasteiger partial charge in [0.15, 0.2) is 0 Å². The van der Waals surface area contributed by atoms with Crippen LogP contribution in [0.1, 0.15) is 19.3 Å². The predicted molar refractivity (Wildman–Crippen MR) is 51.7 cm³/mol. The molecular weight excluding hydrogens is 186 g/mol. The van der Waals surface area contributed by atoms with Gasteiger partial charge in [0.05, 0.1) is 25.6 Å². The lowest BCUT2D eigenvalue weighted by atomic mass is 10.1. The molecule has 1 rings (SSSR count). The number of carboxylic acid groups (broad SMARTS) is 1. The molecule has 0 aliphatic carbocycles. The molecule has 0 amide bonds. The number of likely N-dealkylation sites (tertiary alicyclic amines) is 1. The van der Waals surface area contributed by atoms with Gasteiger partial charge in [0.2, 0.25) is 0 Å². The predicted octanol–water partition coefficient (Wildman–Crippen LogP) is -1.46. The quantitative estimate of drug-likeness (QED) is 0.555. The van der Waals surface area contributed by atoms with E-state index in [1.165, 1.54) is 44.1 Å². The number of hydrogen-bond donors (Lipinski definition) is 1. The van der Waals surface area contributed by atoms with Crippen LogP contribution in [0.4, 0.5) is 0 Å². The van der Waals surface area contributed by atoms with Crippen molar-refractivity contribution in [3.05, 3.63) is 0 Å². The molecule has 1 saturated heterocycles. The normalized spacial score (nSPS) is 18.8. The summed E-state index contributed by atoms with van der Waals surface area (Å²) in [6.45, 7) is 3.65. The summed E-state index contributed by atoms with van der Waals surface area (Å²) in [4.78, 5) is 11.7. The summed E-state index contributed by atoms with van der Waals surface area (Å²) >= 11 is 1.47. The number of hydrogen-bond acceptors (Lipinski definition) is 3. The lowest BCUT2D eigenvalue weighted by Gasteiger charge is -2.23. The summed E-state index contributed by atoms with van der Waals surface area (Å²) in [6, 6.07) is 0. The molecule has 3 nitrogen and oxygen atoms in total. The fraction of sp³-hybridized carbons (Fsp3) is 0.889. The Kier molecular flexibility index (Phi) is 5.23. The Hall–Kier alpha value is -0.220. The van der Waals surface area contributed by atoms with Crippen molar-refractivity contribution in [2.24, 2.45) is 0 Å². The second kappa shape index (κ2) is 6.27. The van der Waals surface area contributed by atoms with Crippen LogP contribution >= 0.6 is 11.8 Å². The van der Waals surface area contributed by atoms with Gasteiger partial charge < -0.3 is 14.8 Å². The van der Waals surface area contributed by atoms with Crippen LogP contribution in [0.25, 0.3) is 0 Å². The molecule has 76 valence electrons. The van der Waals surface area contributed by atoms with E-state index in [9.17, 15) is 9.90 Å². The number of piperidine rings is 1. The van der Waals surface area contributed by atoms with Crippen LogP contribution in [0.5, 0.6) is 0 Å². The molecule has 1 N–H and O–H groups in total.